The lowest BCUT2D eigenvalue weighted by atomic mass is 10.0. The molecule has 1 aromatic heterocycles. The average Bonchev–Trinajstić information content (AvgIpc) is 2.96. The summed E-state index contributed by atoms with van der Waals surface area (Å²) < 4.78 is 13.9. The molecule has 0 radical (unpaired) electrons. The molecular formula is C18H16FN3OS. The SMILES string of the molecule is CN1CCc2nc(NC(=O)c3ccc(F)c4ccccc34)sc2C1. The van der Waals surface area contributed by atoms with Gasteiger partial charge in [-0.05, 0) is 24.6 Å². The molecule has 0 fully saturated rings. The number of halogens is 1. The number of carbonyl (C=O) groups excluding carboxylic acids is 1. The van der Waals surface area contributed by atoms with Crippen LogP contribution in [0.3, 0.4) is 0 Å². The number of amides is 1. The summed E-state index contributed by atoms with van der Waals surface area (Å²) in [5.41, 5.74) is 1.52. The fourth-order valence-electron chi connectivity index (χ4n) is 3.00. The van der Waals surface area contributed by atoms with Gasteiger partial charge in [-0.2, -0.15) is 0 Å². The van der Waals surface area contributed by atoms with Crippen molar-refractivity contribution in [3.8, 4) is 0 Å². The highest BCUT2D eigenvalue weighted by atomic mass is 32.1. The van der Waals surface area contributed by atoms with Gasteiger partial charge in [0.25, 0.3) is 5.91 Å². The number of thiazole rings is 1. The molecule has 0 unspecified atom stereocenters. The van der Waals surface area contributed by atoms with Crippen molar-refractivity contribution >= 4 is 33.1 Å². The molecule has 1 amide bonds. The maximum atomic E-state index is 13.9. The summed E-state index contributed by atoms with van der Waals surface area (Å²) in [4.78, 5) is 20.6. The maximum absolute atomic E-state index is 13.9. The van der Waals surface area contributed by atoms with Crippen molar-refractivity contribution in [1.82, 2.24) is 9.88 Å². The van der Waals surface area contributed by atoms with Crippen LogP contribution in [-0.4, -0.2) is 29.4 Å². The molecule has 2 heterocycles. The van der Waals surface area contributed by atoms with E-state index in [1.807, 2.05) is 0 Å². The van der Waals surface area contributed by atoms with Crippen LogP contribution in [0.1, 0.15) is 20.9 Å². The highest BCUT2D eigenvalue weighted by Crippen LogP contribution is 2.29. The van der Waals surface area contributed by atoms with Gasteiger partial charge in [0.2, 0.25) is 0 Å². The van der Waals surface area contributed by atoms with E-state index in [2.05, 4.69) is 22.2 Å². The Morgan fingerprint density at radius 3 is 2.88 bits per heavy atom. The van der Waals surface area contributed by atoms with Crippen molar-refractivity contribution in [1.29, 1.82) is 0 Å². The zero-order valence-corrected chi connectivity index (χ0v) is 14.0. The molecule has 1 aliphatic heterocycles. The Balaban J connectivity index is 1.65. The van der Waals surface area contributed by atoms with Crippen molar-refractivity contribution in [3.05, 3.63) is 58.3 Å². The van der Waals surface area contributed by atoms with E-state index in [4.69, 9.17) is 0 Å². The van der Waals surface area contributed by atoms with E-state index in [9.17, 15) is 9.18 Å². The predicted octanol–water partition coefficient (Wildman–Crippen LogP) is 3.68. The van der Waals surface area contributed by atoms with Crippen LogP contribution in [-0.2, 0) is 13.0 Å². The molecule has 0 saturated carbocycles. The number of nitrogens with zero attached hydrogens (tertiary/aromatic N) is 2. The van der Waals surface area contributed by atoms with Crippen LogP contribution in [0.15, 0.2) is 36.4 Å². The van der Waals surface area contributed by atoms with E-state index >= 15 is 0 Å². The van der Waals surface area contributed by atoms with E-state index in [-0.39, 0.29) is 11.7 Å². The summed E-state index contributed by atoms with van der Waals surface area (Å²) in [7, 11) is 2.07. The van der Waals surface area contributed by atoms with Crippen LogP contribution in [0.25, 0.3) is 10.8 Å². The lowest BCUT2D eigenvalue weighted by molar-refractivity contribution is 0.102. The fraction of sp³-hybridized carbons (Fsp3) is 0.222. The smallest absolute Gasteiger partial charge is 0.258 e. The molecule has 1 aliphatic rings. The molecule has 1 N–H and O–H groups in total. The summed E-state index contributed by atoms with van der Waals surface area (Å²) in [6.07, 6.45) is 0.900. The molecule has 0 saturated heterocycles. The van der Waals surface area contributed by atoms with Crippen molar-refractivity contribution in [2.45, 2.75) is 13.0 Å². The lowest BCUT2D eigenvalue weighted by Crippen LogP contribution is -2.25. The second kappa shape index (κ2) is 5.96. The molecular weight excluding hydrogens is 325 g/mol. The summed E-state index contributed by atoms with van der Waals surface area (Å²) in [6, 6.07) is 9.86. The molecule has 122 valence electrons. The highest BCUT2D eigenvalue weighted by molar-refractivity contribution is 7.15. The van der Waals surface area contributed by atoms with Gasteiger partial charge in [0.15, 0.2) is 5.13 Å². The Labute approximate surface area is 142 Å². The Bertz CT molecular complexity index is 937. The Kier molecular flexibility index (Phi) is 3.78. The zero-order valence-electron chi connectivity index (χ0n) is 13.2. The highest BCUT2D eigenvalue weighted by Gasteiger charge is 2.20. The zero-order chi connectivity index (χ0) is 16.7. The van der Waals surface area contributed by atoms with Crippen LogP contribution < -0.4 is 5.32 Å². The molecule has 0 aliphatic carbocycles. The lowest BCUT2D eigenvalue weighted by Gasteiger charge is -2.20. The largest absolute Gasteiger partial charge is 0.301 e. The van der Waals surface area contributed by atoms with Crippen LogP contribution in [0.4, 0.5) is 9.52 Å². The van der Waals surface area contributed by atoms with E-state index in [1.165, 1.54) is 28.3 Å². The van der Waals surface area contributed by atoms with Crippen molar-refractivity contribution in [2.75, 3.05) is 18.9 Å². The third-order valence-electron chi connectivity index (χ3n) is 4.26. The molecule has 2 aromatic carbocycles. The van der Waals surface area contributed by atoms with Gasteiger partial charge in [0, 0.05) is 35.3 Å². The number of hydrogen-bond donors (Lipinski definition) is 1. The van der Waals surface area contributed by atoms with Crippen LogP contribution >= 0.6 is 11.3 Å². The van der Waals surface area contributed by atoms with Gasteiger partial charge >= 0.3 is 0 Å². The number of carbonyl (C=O) groups is 1. The van der Waals surface area contributed by atoms with E-state index < -0.39 is 0 Å². The number of likely N-dealkylation sites (N-methyl/N-ethyl adjacent to an activating group) is 1. The first-order valence-electron chi connectivity index (χ1n) is 7.77. The first-order chi connectivity index (χ1) is 11.6. The summed E-state index contributed by atoms with van der Waals surface area (Å²) in [5.74, 6) is -0.583. The van der Waals surface area contributed by atoms with Gasteiger partial charge in [-0.15, -0.1) is 11.3 Å². The van der Waals surface area contributed by atoms with Gasteiger partial charge in [-0.3, -0.25) is 10.1 Å². The molecule has 0 spiro atoms. The summed E-state index contributed by atoms with van der Waals surface area (Å²) in [5, 5.41) is 4.53. The number of benzene rings is 2. The first kappa shape index (κ1) is 15.2. The molecule has 4 nitrogen and oxygen atoms in total. The van der Waals surface area contributed by atoms with Crippen molar-refractivity contribution in [2.24, 2.45) is 0 Å². The number of nitrogens with one attached hydrogen (secondary N) is 1. The molecule has 24 heavy (non-hydrogen) atoms. The molecule has 4 rings (SSSR count). The average molecular weight is 341 g/mol. The quantitative estimate of drug-likeness (QED) is 0.773. The second-order valence-electron chi connectivity index (χ2n) is 5.97. The molecule has 3 aromatic rings. The van der Waals surface area contributed by atoms with Gasteiger partial charge in [-0.25, -0.2) is 9.37 Å². The number of anilines is 1. The summed E-state index contributed by atoms with van der Waals surface area (Å²) in [6.45, 7) is 1.84. The third kappa shape index (κ3) is 2.68. The van der Waals surface area contributed by atoms with E-state index in [0.29, 0.717) is 21.5 Å². The van der Waals surface area contributed by atoms with Crippen molar-refractivity contribution < 1.29 is 9.18 Å². The van der Waals surface area contributed by atoms with Gasteiger partial charge in [0.1, 0.15) is 5.82 Å². The Morgan fingerprint density at radius 2 is 2.04 bits per heavy atom. The number of hydrogen-bond acceptors (Lipinski definition) is 4. The van der Waals surface area contributed by atoms with Gasteiger partial charge in [-0.1, -0.05) is 24.3 Å². The van der Waals surface area contributed by atoms with E-state index in [0.717, 1.165) is 25.2 Å². The number of fused-ring (bicyclic) bond motifs is 2. The fourth-order valence-corrected chi connectivity index (χ4v) is 4.08. The van der Waals surface area contributed by atoms with Gasteiger partial charge < -0.3 is 4.90 Å². The number of aromatic nitrogens is 1. The standard InChI is InChI=1S/C18H16FN3OS/c1-22-9-8-15-16(10-22)24-18(20-15)21-17(23)13-6-7-14(19)12-5-3-2-4-11(12)13/h2-7H,8-10H2,1H3,(H,20,21,23). The summed E-state index contributed by atoms with van der Waals surface area (Å²) >= 11 is 1.51. The maximum Gasteiger partial charge on any atom is 0.258 e. The molecule has 6 heteroatoms. The van der Waals surface area contributed by atoms with E-state index in [1.54, 1.807) is 24.3 Å². The van der Waals surface area contributed by atoms with Gasteiger partial charge in [0.05, 0.1) is 5.69 Å². The number of rotatable bonds is 2. The topological polar surface area (TPSA) is 45.2 Å². The van der Waals surface area contributed by atoms with Crippen LogP contribution in [0, 0.1) is 5.82 Å². The monoisotopic (exact) mass is 341 g/mol. The van der Waals surface area contributed by atoms with Crippen molar-refractivity contribution in [3.63, 3.8) is 0 Å². The Hall–Kier alpha value is -2.31. The minimum atomic E-state index is -0.324. The third-order valence-corrected chi connectivity index (χ3v) is 5.26. The second-order valence-corrected chi connectivity index (χ2v) is 7.05. The first-order valence-corrected chi connectivity index (χ1v) is 8.59. The minimum absolute atomic E-state index is 0.259. The normalized spacial score (nSPS) is 14.6. The predicted molar refractivity (Wildman–Crippen MR) is 94.0 cm³/mol. The minimum Gasteiger partial charge on any atom is -0.301 e. The molecule has 0 bridgehead atoms. The molecule has 0 atom stereocenters. The Morgan fingerprint density at radius 1 is 1.25 bits per heavy atom. The van der Waals surface area contributed by atoms with Crippen LogP contribution in [0.2, 0.25) is 0 Å². The van der Waals surface area contributed by atoms with Crippen LogP contribution in [0.5, 0.6) is 0 Å².